The second-order valence-electron chi connectivity index (χ2n) is 5.41. The summed E-state index contributed by atoms with van der Waals surface area (Å²) in [4.78, 5) is 36.8. The molecule has 0 radical (unpaired) electrons. The fourth-order valence-corrected chi connectivity index (χ4v) is 3.74. The third-order valence-corrected chi connectivity index (χ3v) is 5.00. The van der Waals surface area contributed by atoms with E-state index in [1.54, 1.807) is 4.57 Å². The fraction of sp³-hybridized carbons (Fsp3) is 0.267. The van der Waals surface area contributed by atoms with Crippen LogP contribution in [0.2, 0.25) is 0 Å². The highest BCUT2D eigenvalue weighted by molar-refractivity contribution is 9.10. The number of para-hydroxylation sites is 1. The number of aromatic nitrogens is 1. The first-order valence-electron chi connectivity index (χ1n) is 7.05. The third kappa shape index (κ3) is 1.68. The summed E-state index contributed by atoms with van der Waals surface area (Å²) in [7, 11) is 0. The van der Waals surface area contributed by atoms with Gasteiger partial charge in [-0.05, 0) is 28.4 Å². The summed E-state index contributed by atoms with van der Waals surface area (Å²) >= 11 is 3.52. The monoisotopic (exact) mass is 361 g/mol. The second-order valence-corrected chi connectivity index (χ2v) is 6.20. The number of rotatable bonds is 1. The van der Waals surface area contributed by atoms with Gasteiger partial charge >= 0.3 is 6.03 Å². The Kier molecular flexibility index (Phi) is 2.87. The smallest absolute Gasteiger partial charge is 0.273 e. The molecule has 7 heteroatoms. The van der Waals surface area contributed by atoms with E-state index < -0.39 is 0 Å². The van der Waals surface area contributed by atoms with Crippen molar-refractivity contribution in [1.29, 1.82) is 0 Å². The number of hydrogen-bond donors (Lipinski definition) is 0. The van der Waals surface area contributed by atoms with E-state index in [9.17, 15) is 14.4 Å². The molecule has 2 aliphatic heterocycles. The third-order valence-electron chi connectivity index (χ3n) is 4.11. The van der Waals surface area contributed by atoms with E-state index >= 15 is 0 Å². The first kappa shape index (κ1) is 13.5. The first-order chi connectivity index (χ1) is 10.6. The molecule has 0 unspecified atom stereocenters. The summed E-state index contributed by atoms with van der Waals surface area (Å²) < 4.78 is 2.39. The predicted octanol–water partition coefficient (Wildman–Crippen LogP) is 2.64. The molecule has 3 heterocycles. The van der Waals surface area contributed by atoms with Crippen molar-refractivity contribution in [2.45, 2.75) is 25.8 Å². The number of piperidine rings is 1. The van der Waals surface area contributed by atoms with Crippen LogP contribution in [0.3, 0.4) is 0 Å². The number of fused-ring (bicyclic) bond motifs is 3. The molecule has 4 rings (SSSR count). The van der Waals surface area contributed by atoms with E-state index in [-0.39, 0.29) is 24.4 Å². The fourth-order valence-electron chi connectivity index (χ4n) is 3.10. The Balaban J connectivity index is 1.81. The highest BCUT2D eigenvalue weighted by Gasteiger charge is 2.41. The van der Waals surface area contributed by atoms with E-state index in [1.807, 2.05) is 24.3 Å². The number of hydrazine groups is 1. The van der Waals surface area contributed by atoms with Crippen LogP contribution in [0, 0.1) is 0 Å². The van der Waals surface area contributed by atoms with E-state index in [1.165, 1.54) is 5.01 Å². The van der Waals surface area contributed by atoms with Gasteiger partial charge in [-0.25, -0.2) is 9.80 Å². The number of carbonyl (C=O) groups excluding carboxylic acids is 3. The average Bonchev–Trinajstić information content (AvgIpc) is 2.97. The van der Waals surface area contributed by atoms with Gasteiger partial charge in [0.2, 0.25) is 11.8 Å². The molecule has 2 aliphatic rings. The number of benzene rings is 1. The predicted molar refractivity (Wildman–Crippen MR) is 81.7 cm³/mol. The summed E-state index contributed by atoms with van der Waals surface area (Å²) in [6.45, 7) is 0.214. The van der Waals surface area contributed by atoms with Crippen molar-refractivity contribution in [3.63, 3.8) is 0 Å². The largest absolute Gasteiger partial charge is 0.348 e. The van der Waals surface area contributed by atoms with Gasteiger partial charge in [0, 0.05) is 22.7 Å². The summed E-state index contributed by atoms with van der Waals surface area (Å²) in [5, 5.41) is 3.21. The maximum absolute atomic E-state index is 12.7. The Labute approximate surface area is 134 Å². The van der Waals surface area contributed by atoms with E-state index in [2.05, 4.69) is 15.9 Å². The van der Waals surface area contributed by atoms with Crippen LogP contribution in [0.1, 0.15) is 25.0 Å². The lowest BCUT2D eigenvalue weighted by Crippen LogP contribution is -2.52. The van der Waals surface area contributed by atoms with Gasteiger partial charge in [-0.1, -0.05) is 18.2 Å². The van der Waals surface area contributed by atoms with Crippen LogP contribution < -0.4 is 0 Å². The van der Waals surface area contributed by atoms with Gasteiger partial charge in [0.1, 0.15) is 0 Å². The zero-order chi connectivity index (χ0) is 15.4. The van der Waals surface area contributed by atoms with Gasteiger partial charge in [-0.2, -0.15) is 5.01 Å². The molecule has 0 N–H and O–H groups in total. The van der Waals surface area contributed by atoms with E-state index in [0.717, 1.165) is 26.1 Å². The van der Waals surface area contributed by atoms with Crippen molar-refractivity contribution in [3.05, 3.63) is 34.4 Å². The molecule has 0 bridgehead atoms. The number of carbonyl (C=O) groups is 3. The van der Waals surface area contributed by atoms with Gasteiger partial charge in [-0.3, -0.25) is 14.2 Å². The Hall–Kier alpha value is -2.15. The van der Waals surface area contributed by atoms with Gasteiger partial charge < -0.3 is 0 Å². The normalized spacial score (nSPS) is 18.5. The number of imide groups is 1. The zero-order valence-corrected chi connectivity index (χ0v) is 13.2. The van der Waals surface area contributed by atoms with Gasteiger partial charge in [0.15, 0.2) is 0 Å². The number of halogens is 1. The van der Waals surface area contributed by atoms with Crippen LogP contribution in [0.15, 0.2) is 28.7 Å². The maximum atomic E-state index is 12.7. The first-order valence-corrected chi connectivity index (χ1v) is 7.84. The van der Waals surface area contributed by atoms with E-state index in [4.69, 9.17) is 0 Å². The molecule has 0 atom stereocenters. The lowest BCUT2D eigenvalue weighted by molar-refractivity contribution is -0.163. The summed E-state index contributed by atoms with van der Waals surface area (Å²) in [6, 6.07) is 7.18. The van der Waals surface area contributed by atoms with Crippen LogP contribution in [-0.4, -0.2) is 32.4 Å². The molecule has 1 saturated heterocycles. The van der Waals surface area contributed by atoms with Gasteiger partial charge in [0.25, 0.3) is 0 Å². The molecule has 6 nitrogen and oxygen atoms in total. The molecule has 1 fully saturated rings. The van der Waals surface area contributed by atoms with Crippen molar-refractivity contribution in [2.75, 3.05) is 0 Å². The summed E-state index contributed by atoms with van der Waals surface area (Å²) in [5.41, 5.74) is 1.53. The van der Waals surface area contributed by atoms with Crippen molar-refractivity contribution in [2.24, 2.45) is 0 Å². The number of nitrogens with zero attached hydrogens (tertiary/aromatic N) is 3. The molecule has 0 saturated carbocycles. The van der Waals surface area contributed by atoms with Crippen molar-refractivity contribution < 1.29 is 14.4 Å². The van der Waals surface area contributed by atoms with Crippen molar-refractivity contribution in [3.8, 4) is 0 Å². The zero-order valence-electron chi connectivity index (χ0n) is 11.6. The minimum absolute atomic E-state index is 0.214. The number of hydrogen-bond acceptors (Lipinski definition) is 3. The Morgan fingerprint density at radius 2 is 1.68 bits per heavy atom. The molecular weight excluding hydrogens is 350 g/mol. The lowest BCUT2D eigenvalue weighted by Gasteiger charge is -2.31. The minimum atomic E-state index is -0.361. The summed E-state index contributed by atoms with van der Waals surface area (Å²) in [5.74, 6) is -0.619. The van der Waals surface area contributed by atoms with Crippen LogP contribution in [0.25, 0.3) is 10.9 Å². The van der Waals surface area contributed by atoms with Crippen LogP contribution in [0.5, 0.6) is 0 Å². The Morgan fingerprint density at radius 3 is 2.41 bits per heavy atom. The molecule has 3 amide bonds. The molecule has 0 spiro atoms. The second kappa shape index (κ2) is 4.67. The topological polar surface area (TPSA) is 62.6 Å². The molecule has 1 aromatic carbocycles. The molecule has 22 heavy (non-hydrogen) atoms. The lowest BCUT2D eigenvalue weighted by atomic mass is 10.1. The van der Waals surface area contributed by atoms with E-state index in [0.29, 0.717) is 19.3 Å². The Morgan fingerprint density at radius 1 is 1.00 bits per heavy atom. The maximum Gasteiger partial charge on any atom is 0.348 e. The Bertz CT molecular complexity index is 826. The SMILES string of the molecule is O=C1CCCC(=O)N1N1Cc2c(Br)c3ccccc3n2C1=O. The minimum Gasteiger partial charge on any atom is -0.273 e. The van der Waals surface area contributed by atoms with Gasteiger partial charge in [0.05, 0.1) is 17.8 Å². The highest BCUT2D eigenvalue weighted by atomic mass is 79.9. The molecular formula is C15H12BrN3O3. The van der Waals surface area contributed by atoms with Crippen LogP contribution >= 0.6 is 15.9 Å². The van der Waals surface area contributed by atoms with Crippen LogP contribution in [-0.2, 0) is 16.1 Å². The molecule has 112 valence electrons. The molecule has 1 aromatic heterocycles. The molecule has 2 aromatic rings. The van der Waals surface area contributed by atoms with Crippen molar-refractivity contribution in [1.82, 2.24) is 14.6 Å². The average molecular weight is 362 g/mol. The molecule has 0 aliphatic carbocycles. The number of amides is 3. The van der Waals surface area contributed by atoms with Gasteiger partial charge in [-0.15, -0.1) is 0 Å². The van der Waals surface area contributed by atoms with Crippen molar-refractivity contribution >= 4 is 44.7 Å². The summed E-state index contributed by atoms with van der Waals surface area (Å²) in [6.07, 6.45) is 1.15. The quantitative estimate of drug-likeness (QED) is 0.733. The standard InChI is InChI=1S/C15H12BrN3O3/c16-14-9-4-1-2-5-10(9)18-11(14)8-17(15(18)22)19-12(20)6-3-7-13(19)21/h1-2,4-5H,3,6-8H2. The van der Waals surface area contributed by atoms with Crippen LogP contribution in [0.4, 0.5) is 4.79 Å². The highest BCUT2D eigenvalue weighted by Crippen LogP contribution is 2.36.